The average Bonchev–Trinajstić information content (AvgIpc) is 3.90. The third-order valence-corrected chi connectivity index (χ3v) is 13.0. The molecule has 430 valence electrons. The summed E-state index contributed by atoms with van der Waals surface area (Å²) < 4.78 is 45.0. The van der Waals surface area contributed by atoms with Gasteiger partial charge in [-0.2, -0.15) is 0 Å². The molecule has 3 aromatic rings. The Kier molecular flexibility index (Phi) is 27.4. The number of hydrogen-bond acceptors (Lipinski definition) is 19. The van der Waals surface area contributed by atoms with E-state index in [0.29, 0.717) is 119 Å². The van der Waals surface area contributed by atoms with Gasteiger partial charge in [-0.1, -0.05) is 30.1 Å². The van der Waals surface area contributed by atoms with Gasteiger partial charge in [0, 0.05) is 87.0 Å². The molecule has 0 unspecified atom stereocenters. The van der Waals surface area contributed by atoms with Gasteiger partial charge >= 0.3 is 35.1 Å². The fraction of sp³-hybridized carbons (Fsp3) is 0.551. The second-order valence-corrected chi connectivity index (χ2v) is 20.5. The van der Waals surface area contributed by atoms with Crippen molar-refractivity contribution in [2.24, 2.45) is 0 Å². The molecule has 29 heteroatoms. The summed E-state index contributed by atoms with van der Waals surface area (Å²) in [7, 11) is -3.64. The molecular formula is C49H69N9O18S2. The molecule has 4 rings (SSSR count). The van der Waals surface area contributed by atoms with Crippen molar-refractivity contribution >= 4 is 80.2 Å². The minimum absolute atomic E-state index is 0.00692. The van der Waals surface area contributed by atoms with Crippen LogP contribution in [-0.2, 0) is 64.0 Å². The number of sulfone groups is 1. The summed E-state index contributed by atoms with van der Waals surface area (Å²) in [4.78, 5) is 88.4. The minimum Gasteiger partial charge on any atom is -0.480 e. The van der Waals surface area contributed by atoms with E-state index in [1.54, 1.807) is 53.4 Å². The molecule has 1 heterocycles. The van der Waals surface area contributed by atoms with Crippen molar-refractivity contribution in [1.29, 1.82) is 0 Å². The van der Waals surface area contributed by atoms with E-state index in [0.717, 1.165) is 6.26 Å². The number of ether oxygens (including phenoxy) is 3. The van der Waals surface area contributed by atoms with Crippen LogP contribution in [0.3, 0.4) is 0 Å². The van der Waals surface area contributed by atoms with Crippen LogP contribution in [0.5, 0.6) is 0 Å². The second kappa shape index (κ2) is 33.5. The van der Waals surface area contributed by atoms with E-state index in [9.17, 15) is 67.5 Å². The molecule has 1 saturated carbocycles. The Morgan fingerprint density at radius 1 is 0.641 bits per heavy atom. The number of nitrogens with one attached hydrogen (secondary N) is 4. The van der Waals surface area contributed by atoms with Crippen LogP contribution in [0.4, 0.5) is 11.4 Å². The first-order chi connectivity index (χ1) is 37.2. The molecule has 2 aromatic carbocycles. The number of aromatic nitrogens is 2. The zero-order valence-electron chi connectivity index (χ0n) is 43.2. The van der Waals surface area contributed by atoms with Crippen molar-refractivity contribution in [2.75, 3.05) is 109 Å². The van der Waals surface area contributed by atoms with Gasteiger partial charge in [0.2, 0.25) is 27.5 Å². The van der Waals surface area contributed by atoms with E-state index in [2.05, 4.69) is 31.5 Å². The highest BCUT2D eigenvalue weighted by atomic mass is 32.2. The van der Waals surface area contributed by atoms with E-state index < -0.39 is 95.8 Å². The molecule has 0 aliphatic heterocycles. The van der Waals surface area contributed by atoms with Gasteiger partial charge in [-0.3, -0.25) is 48.3 Å². The van der Waals surface area contributed by atoms with Crippen molar-refractivity contribution in [2.45, 2.75) is 81.1 Å². The maximum Gasteiger partial charge on any atom is 0.335 e. The summed E-state index contributed by atoms with van der Waals surface area (Å²) in [6.07, 6.45) is 4.32. The zero-order chi connectivity index (χ0) is 57.0. The monoisotopic (exact) mass is 1140 g/mol. The number of carboxylic acids is 5. The molecule has 2 amide bonds. The Labute approximate surface area is 455 Å². The fourth-order valence-electron chi connectivity index (χ4n) is 8.52. The highest BCUT2D eigenvalue weighted by Crippen LogP contribution is 2.29. The Bertz CT molecular complexity index is 2520. The number of aliphatic carboxylic acids is 5. The smallest absolute Gasteiger partial charge is 0.335 e. The van der Waals surface area contributed by atoms with Crippen LogP contribution in [0.2, 0.25) is 0 Å². The van der Waals surface area contributed by atoms with Gasteiger partial charge in [-0.15, -0.1) is 5.10 Å². The first-order valence-corrected chi connectivity index (χ1v) is 27.4. The van der Waals surface area contributed by atoms with Gasteiger partial charge < -0.3 is 65.4 Å². The van der Waals surface area contributed by atoms with Crippen molar-refractivity contribution in [1.82, 2.24) is 35.5 Å². The van der Waals surface area contributed by atoms with Crippen molar-refractivity contribution in [3.05, 3.63) is 54.1 Å². The summed E-state index contributed by atoms with van der Waals surface area (Å²) in [5, 5.41) is 67.4. The summed E-state index contributed by atoms with van der Waals surface area (Å²) in [5.41, 5.74) is 2.23. The molecule has 1 aromatic heterocycles. The van der Waals surface area contributed by atoms with Gasteiger partial charge in [-0.25, -0.2) is 8.42 Å². The highest BCUT2D eigenvalue weighted by molar-refractivity contribution is 7.90. The lowest BCUT2D eigenvalue weighted by atomic mass is 9.87. The zero-order valence-corrected chi connectivity index (χ0v) is 44.8. The SMILES string of the molecule is CS(=O)(=O)c1nnc(-c2ccc(NC(=O)CCC(=O)NCCCOCCOCCOCCCNC(=S)Nc3ccc(C[C@@H](CN(CC(=O)O)[C@@H]4CCCC[C@H]4N(CC(=O)O)CC(=O)O)N(CC(=O)O)CC(=O)O)cc3)cc2)o1. The molecular weight excluding hydrogens is 1070 g/mol. The van der Waals surface area contributed by atoms with E-state index in [4.69, 9.17) is 30.8 Å². The summed E-state index contributed by atoms with van der Waals surface area (Å²) in [6, 6.07) is 11.2. The summed E-state index contributed by atoms with van der Waals surface area (Å²) in [5.74, 6) is -6.94. The van der Waals surface area contributed by atoms with Gasteiger partial charge in [0.25, 0.3) is 0 Å². The number of anilines is 2. The van der Waals surface area contributed by atoms with Crippen molar-refractivity contribution in [3.8, 4) is 11.5 Å². The van der Waals surface area contributed by atoms with Crippen LogP contribution < -0.4 is 21.3 Å². The van der Waals surface area contributed by atoms with Crippen LogP contribution in [0.1, 0.15) is 56.9 Å². The van der Waals surface area contributed by atoms with Gasteiger partial charge in [0.1, 0.15) is 0 Å². The van der Waals surface area contributed by atoms with Gasteiger partial charge in [-0.05, 0) is 86.3 Å². The lowest BCUT2D eigenvalue weighted by Gasteiger charge is -2.45. The van der Waals surface area contributed by atoms with Crippen LogP contribution >= 0.6 is 12.2 Å². The van der Waals surface area contributed by atoms with E-state index >= 15 is 0 Å². The van der Waals surface area contributed by atoms with Gasteiger partial charge in [0.15, 0.2) is 5.11 Å². The normalized spacial score (nSPS) is 14.9. The van der Waals surface area contributed by atoms with Crippen molar-refractivity contribution in [3.63, 3.8) is 0 Å². The molecule has 1 fully saturated rings. The first kappa shape index (κ1) is 63.8. The molecule has 3 atom stereocenters. The van der Waals surface area contributed by atoms with Crippen LogP contribution in [0.15, 0.2) is 58.2 Å². The maximum atomic E-state index is 12.3. The topological polar surface area (TPSA) is 379 Å². The predicted molar refractivity (Wildman–Crippen MR) is 283 cm³/mol. The Balaban J connectivity index is 1.09. The summed E-state index contributed by atoms with van der Waals surface area (Å²) in [6.45, 7) is -0.0294. The Morgan fingerprint density at radius 3 is 1.64 bits per heavy atom. The molecule has 0 radical (unpaired) electrons. The average molecular weight is 1140 g/mol. The fourth-order valence-corrected chi connectivity index (χ4v) is 9.16. The minimum atomic E-state index is -3.64. The first-order valence-electron chi connectivity index (χ1n) is 25.1. The molecule has 78 heavy (non-hydrogen) atoms. The number of thiocarbonyl (C=S) groups is 1. The quantitative estimate of drug-likeness (QED) is 0.0289. The molecule has 0 saturated heterocycles. The molecule has 9 N–H and O–H groups in total. The Hall–Kier alpha value is -6.73. The second-order valence-electron chi connectivity index (χ2n) is 18.2. The third kappa shape index (κ3) is 24.7. The van der Waals surface area contributed by atoms with Crippen LogP contribution in [0, 0.1) is 0 Å². The van der Waals surface area contributed by atoms with E-state index in [-0.39, 0.29) is 43.5 Å². The van der Waals surface area contributed by atoms with Gasteiger partial charge in [0.05, 0.1) is 59.2 Å². The number of amides is 2. The maximum absolute atomic E-state index is 12.3. The lowest BCUT2D eigenvalue weighted by Crippen LogP contribution is -2.59. The van der Waals surface area contributed by atoms with Crippen molar-refractivity contribution < 1.29 is 86.1 Å². The third-order valence-electron chi connectivity index (χ3n) is 12.0. The number of benzene rings is 2. The number of hydrogen-bond donors (Lipinski definition) is 9. The van der Waals surface area contributed by atoms with E-state index in [1.165, 1.54) is 9.80 Å². The standard InChI is InChI=1S/C49H69N9O18S2/c1-78(71,72)49-55-54-47(76-49)34-10-14-35(15-11-34)52-41(60)17-16-40(59)50-18-4-20-73-22-24-75-25-23-74-21-5-19-51-48(77)53-36-12-8-33(9-13-36)26-37(56(28-42(61)62)29-43(63)64)27-57(30-44(65)66)38-6-2-3-7-39(38)58(31-45(67)68)32-46(69)70/h8-15,37-39H,2-7,16-32H2,1H3,(H,50,59)(H,52,60)(H,61,62)(H,63,64)(H,65,66)(H,67,68)(H,69,70)(H2,51,53,77)/t37-,38+,39+/m0/s1. The molecule has 1 aliphatic carbocycles. The summed E-state index contributed by atoms with van der Waals surface area (Å²) >= 11 is 5.45. The number of carbonyl (C=O) groups excluding carboxylic acids is 2. The molecule has 0 bridgehead atoms. The number of rotatable bonds is 38. The Morgan fingerprint density at radius 2 is 1.12 bits per heavy atom. The highest BCUT2D eigenvalue weighted by Gasteiger charge is 2.38. The molecule has 27 nitrogen and oxygen atoms in total. The van der Waals surface area contributed by atoms with E-state index in [1.807, 2.05) is 0 Å². The van der Waals surface area contributed by atoms with Crippen LogP contribution in [0.25, 0.3) is 11.5 Å². The molecule has 0 spiro atoms. The number of carbonyl (C=O) groups is 7. The largest absolute Gasteiger partial charge is 0.480 e. The predicted octanol–water partition coefficient (Wildman–Crippen LogP) is 1.34. The lowest BCUT2D eigenvalue weighted by molar-refractivity contribution is -0.146. The number of carboxylic acid groups (broad SMARTS) is 5. The molecule has 1 aliphatic rings. The number of nitrogens with zero attached hydrogens (tertiary/aromatic N) is 5. The van der Waals surface area contributed by atoms with Crippen LogP contribution in [-0.4, -0.2) is 222 Å².